The zero-order valence-corrected chi connectivity index (χ0v) is 55.5. The van der Waals surface area contributed by atoms with Crippen LogP contribution in [-0.4, -0.2) is 177 Å². The van der Waals surface area contributed by atoms with Gasteiger partial charge >= 0.3 is 59.7 Å². The number of carbonyl (C=O) groups is 10. The molecule has 8 aromatic rings. The maximum atomic E-state index is 14.7. The summed E-state index contributed by atoms with van der Waals surface area (Å²) >= 11 is 0. The van der Waals surface area contributed by atoms with E-state index in [0.29, 0.717) is 0 Å². The van der Waals surface area contributed by atoms with E-state index in [1.165, 1.54) is 133 Å². The van der Waals surface area contributed by atoms with Crippen LogP contribution >= 0.6 is 0 Å². The first kappa shape index (κ1) is 73.4. The van der Waals surface area contributed by atoms with Gasteiger partial charge in [-0.15, -0.1) is 0 Å². The summed E-state index contributed by atoms with van der Waals surface area (Å²) in [6.45, 7) is -0.673. The summed E-state index contributed by atoms with van der Waals surface area (Å²) in [5, 5.41) is 12.3. The number of aliphatic hydroxyl groups excluding tert-OH is 1. The fraction of sp³-hybridized carbons (Fsp3) is 0.256. The van der Waals surface area contributed by atoms with Gasteiger partial charge in [-0.2, -0.15) is 0 Å². The van der Waals surface area contributed by atoms with Crippen molar-refractivity contribution in [2.75, 3.05) is 19.8 Å². The topological polar surface area (TPSA) is 329 Å². The van der Waals surface area contributed by atoms with Crippen LogP contribution in [0.2, 0.25) is 0 Å². The minimum Gasteiger partial charge on any atom is -0.459 e. The molecular formula is C78H68O26. The van der Waals surface area contributed by atoms with Gasteiger partial charge in [-0.25, -0.2) is 38.4 Å². The number of benzene rings is 8. The molecule has 536 valence electrons. The van der Waals surface area contributed by atoms with Gasteiger partial charge in [-0.3, -0.25) is 9.59 Å². The molecule has 0 aliphatic carbocycles. The predicted molar refractivity (Wildman–Crippen MR) is 357 cm³/mol. The highest BCUT2D eigenvalue weighted by molar-refractivity contribution is 5.94. The second-order valence-electron chi connectivity index (χ2n) is 23.6. The molecule has 3 aliphatic rings. The standard InChI is InChI=1S/C78H68O26/c1-46(79)93-59-56(45-92-77-66(102-74(87)54-39-23-9-24-40-54)63(100-72(85)52-35-19-7-20-36-52)60(98-70(83)50-31-15-5-16-32-50)57(96-77)43-90-68(81)48-27-11-3-12-28-48)95-76(89)65(94-47(2)80)62(59)104-78-67(103-75(88)55-41-25-10-26-42-55)64(101-73(86)53-37-21-8-22-38-53)61(99-71(84)51-33-17-6-18-34-51)58(97-78)44-91-69(82)49-29-13-4-14-30-49/h3-42,56-67,76-78,89H,43-45H2,1-2H3/t56-,57-,58-,59-,60-,61-,62-,63+,64+,65-,66-,67-,76+,77+,78-/m1/s1. The van der Waals surface area contributed by atoms with Crippen LogP contribution in [-0.2, 0) is 80.6 Å². The second kappa shape index (κ2) is 35.2. The van der Waals surface area contributed by atoms with Crippen LogP contribution in [0.1, 0.15) is 96.7 Å². The van der Waals surface area contributed by atoms with Gasteiger partial charge in [0, 0.05) is 13.8 Å². The van der Waals surface area contributed by atoms with E-state index in [9.17, 15) is 53.1 Å². The van der Waals surface area contributed by atoms with Crippen LogP contribution in [0.3, 0.4) is 0 Å². The molecule has 104 heavy (non-hydrogen) atoms. The molecule has 0 unspecified atom stereocenters. The summed E-state index contributed by atoms with van der Waals surface area (Å²) in [6, 6.07) is 60.5. The van der Waals surface area contributed by atoms with Crippen LogP contribution in [0.15, 0.2) is 243 Å². The van der Waals surface area contributed by atoms with Gasteiger partial charge in [-0.1, -0.05) is 146 Å². The minimum absolute atomic E-state index is 0.00145. The molecule has 26 nitrogen and oxygen atoms in total. The fourth-order valence-corrected chi connectivity index (χ4v) is 11.5. The third-order valence-electron chi connectivity index (χ3n) is 16.4. The largest absolute Gasteiger partial charge is 0.459 e. The van der Waals surface area contributed by atoms with E-state index in [4.69, 9.17) is 71.1 Å². The second-order valence-corrected chi connectivity index (χ2v) is 23.6. The number of hydrogen-bond acceptors (Lipinski definition) is 26. The van der Waals surface area contributed by atoms with Gasteiger partial charge in [0.2, 0.25) is 0 Å². The van der Waals surface area contributed by atoms with Crippen LogP contribution in [0.25, 0.3) is 0 Å². The van der Waals surface area contributed by atoms with Crippen molar-refractivity contribution < 1.29 is 124 Å². The predicted octanol–water partition coefficient (Wildman–Crippen LogP) is 8.49. The molecule has 3 heterocycles. The highest BCUT2D eigenvalue weighted by atomic mass is 16.8. The summed E-state index contributed by atoms with van der Waals surface area (Å²) in [4.78, 5) is 142. The highest BCUT2D eigenvalue weighted by Crippen LogP contribution is 2.38. The molecule has 0 saturated carbocycles. The number of ether oxygens (including phenoxy) is 15. The maximum Gasteiger partial charge on any atom is 0.338 e. The number of carbonyl (C=O) groups excluding carboxylic acids is 10. The maximum absolute atomic E-state index is 14.7. The van der Waals surface area contributed by atoms with Crippen LogP contribution in [0.4, 0.5) is 0 Å². The van der Waals surface area contributed by atoms with E-state index < -0.39 is 172 Å². The Morgan fingerprint density at radius 3 is 0.817 bits per heavy atom. The minimum atomic E-state index is -2.32. The summed E-state index contributed by atoms with van der Waals surface area (Å²) in [6.07, 6.45) is -30.0. The van der Waals surface area contributed by atoms with Crippen molar-refractivity contribution in [3.63, 3.8) is 0 Å². The zero-order valence-electron chi connectivity index (χ0n) is 55.5. The average molecular weight is 1420 g/mol. The van der Waals surface area contributed by atoms with Gasteiger partial charge in [-0.05, 0) is 97.1 Å². The van der Waals surface area contributed by atoms with Crippen LogP contribution in [0.5, 0.6) is 0 Å². The molecule has 1 N–H and O–H groups in total. The Bertz CT molecular complexity index is 4230. The first-order valence-corrected chi connectivity index (χ1v) is 32.7. The lowest BCUT2D eigenvalue weighted by Gasteiger charge is -2.48. The first-order valence-electron chi connectivity index (χ1n) is 32.7. The molecule has 3 aliphatic heterocycles. The zero-order chi connectivity index (χ0) is 73.1. The smallest absolute Gasteiger partial charge is 0.338 e. The molecule has 0 aromatic heterocycles. The Kier molecular flexibility index (Phi) is 24.9. The van der Waals surface area contributed by atoms with Gasteiger partial charge in [0.05, 0.1) is 51.1 Å². The number of esters is 10. The van der Waals surface area contributed by atoms with Crippen molar-refractivity contribution in [1.29, 1.82) is 0 Å². The van der Waals surface area contributed by atoms with Crippen LogP contribution in [0, 0.1) is 0 Å². The molecule has 26 heteroatoms. The van der Waals surface area contributed by atoms with Gasteiger partial charge in [0.1, 0.15) is 37.6 Å². The highest BCUT2D eigenvalue weighted by Gasteiger charge is 2.59. The van der Waals surface area contributed by atoms with Crippen molar-refractivity contribution in [2.45, 2.75) is 106 Å². The Labute approximate surface area is 594 Å². The lowest BCUT2D eigenvalue weighted by Crippen LogP contribution is -2.67. The van der Waals surface area contributed by atoms with Crippen molar-refractivity contribution in [3.8, 4) is 0 Å². The third kappa shape index (κ3) is 18.8. The molecule has 3 fully saturated rings. The third-order valence-corrected chi connectivity index (χ3v) is 16.4. The molecule has 0 bridgehead atoms. The number of hydrogen-bond donors (Lipinski definition) is 1. The quantitative estimate of drug-likeness (QED) is 0.0414. The fourth-order valence-electron chi connectivity index (χ4n) is 11.5. The van der Waals surface area contributed by atoms with Crippen LogP contribution < -0.4 is 0 Å². The molecule has 3 saturated heterocycles. The van der Waals surface area contributed by atoms with E-state index in [-0.39, 0.29) is 44.5 Å². The molecule has 11 rings (SSSR count). The van der Waals surface area contributed by atoms with Crippen molar-refractivity contribution in [3.05, 3.63) is 287 Å². The van der Waals surface area contributed by atoms with E-state index in [1.54, 1.807) is 109 Å². The van der Waals surface area contributed by atoms with Gasteiger partial charge in [0.25, 0.3) is 0 Å². The number of aliphatic hydroxyl groups is 1. The molecule has 8 aromatic carbocycles. The Hall–Kier alpha value is -11.8. The van der Waals surface area contributed by atoms with Crippen molar-refractivity contribution >= 4 is 59.7 Å². The first-order chi connectivity index (χ1) is 50.5. The summed E-state index contributed by atoms with van der Waals surface area (Å²) in [5.74, 6) is -10.3. The van der Waals surface area contributed by atoms with Crippen molar-refractivity contribution in [1.82, 2.24) is 0 Å². The summed E-state index contributed by atoms with van der Waals surface area (Å²) in [7, 11) is 0. The Balaban J connectivity index is 1.01. The molecule has 0 spiro atoms. The molecule has 0 radical (unpaired) electrons. The molecule has 15 atom stereocenters. The van der Waals surface area contributed by atoms with E-state index in [1.807, 2.05) is 0 Å². The Morgan fingerprint density at radius 1 is 0.269 bits per heavy atom. The van der Waals surface area contributed by atoms with E-state index >= 15 is 0 Å². The lowest BCUT2D eigenvalue weighted by atomic mass is 9.95. The average Bonchev–Trinajstić information content (AvgIpc) is 0.764. The summed E-state index contributed by atoms with van der Waals surface area (Å²) in [5.41, 5.74) is -0.105. The van der Waals surface area contributed by atoms with Crippen molar-refractivity contribution in [2.24, 2.45) is 0 Å². The van der Waals surface area contributed by atoms with Gasteiger partial charge < -0.3 is 76.2 Å². The van der Waals surface area contributed by atoms with Gasteiger partial charge in [0.15, 0.2) is 67.7 Å². The lowest BCUT2D eigenvalue weighted by molar-refractivity contribution is -0.361. The summed E-state index contributed by atoms with van der Waals surface area (Å²) < 4.78 is 93.6. The SMILES string of the molecule is CC(=O)O[C@@H]1[C@H](O[C@H]2O[C@H](COC(=O)c3ccccc3)[C@@H](OC(=O)c3ccccc3)[C@H](OC(=O)c3ccccc3)[C@H]2OC(=O)c2ccccc2)[C@H](OC(C)=O)[C@@H](CO[C@H]2O[C@H](COC(=O)c3ccccc3)[C@@H](OC(=O)c3ccccc3)[C@H](OC(=O)c3ccccc3)[C@H]2OC(=O)c2ccccc2)O[C@@H]1O. The van der Waals surface area contributed by atoms with E-state index in [0.717, 1.165) is 13.8 Å². The molecule has 0 amide bonds. The molecular weight excluding hydrogens is 1350 g/mol. The van der Waals surface area contributed by atoms with E-state index in [2.05, 4.69) is 0 Å². The number of rotatable bonds is 25. The monoisotopic (exact) mass is 1420 g/mol. The normalized spacial score (nSPS) is 24.1. The Morgan fingerprint density at radius 2 is 0.510 bits per heavy atom.